The van der Waals surface area contributed by atoms with Crippen molar-refractivity contribution in [3.05, 3.63) is 0 Å². The summed E-state index contributed by atoms with van der Waals surface area (Å²) in [5.41, 5.74) is 0. The molecule has 0 amide bonds. The van der Waals surface area contributed by atoms with Crippen molar-refractivity contribution < 1.29 is 9.59 Å². The van der Waals surface area contributed by atoms with Gasteiger partial charge in [0.15, 0.2) is 0 Å². The number of hydrogen-bond acceptors (Lipinski definition) is 3. The van der Waals surface area contributed by atoms with Gasteiger partial charge in [-0.25, -0.2) is 0 Å². The number of carbonyl (C=O) groups is 2. The molecule has 1 fully saturated rings. The van der Waals surface area contributed by atoms with E-state index in [1.165, 1.54) is 0 Å². The highest BCUT2D eigenvalue weighted by atomic mass is 16.1. The molecule has 0 aromatic carbocycles. The molecule has 3 heteroatoms. The predicted molar refractivity (Wildman–Crippen MR) is 41.2 cm³/mol. The number of hydrogen-bond donors (Lipinski definition) is 1. The van der Waals surface area contributed by atoms with Gasteiger partial charge in [0.2, 0.25) is 0 Å². The van der Waals surface area contributed by atoms with Crippen molar-refractivity contribution in [1.82, 2.24) is 5.32 Å². The van der Waals surface area contributed by atoms with Gasteiger partial charge >= 0.3 is 0 Å². The zero-order valence-electron chi connectivity index (χ0n) is 6.89. The lowest BCUT2D eigenvalue weighted by atomic mass is 9.90. The second-order valence-corrected chi connectivity index (χ2v) is 3.09. The molecule has 0 aliphatic carbocycles. The van der Waals surface area contributed by atoms with Gasteiger partial charge in [0, 0.05) is 24.9 Å². The van der Waals surface area contributed by atoms with Crippen molar-refractivity contribution in [2.24, 2.45) is 11.8 Å². The summed E-state index contributed by atoms with van der Waals surface area (Å²) in [4.78, 5) is 21.9. The second kappa shape index (κ2) is 3.13. The minimum Gasteiger partial charge on any atom is -0.315 e. The molecule has 0 saturated carbocycles. The van der Waals surface area contributed by atoms with Gasteiger partial charge in [-0.3, -0.25) is 9.59 Å². The first-order valence-electron chi connectivity index (χ1n) is 3.84. The maximum atomic E-state index is 11.0. The van der Waals surface area contributed by atoms with Crippen molar-refractivity contribution >= 4 is 11.6 Å². The standard InChI is InChI=1S/C8H13NO2/c1-5(10)7-3-9-4-8(7)6(2)11/h7-9H,3-4H2,1-2H3. The quantitative estimate of drug-likeness (QED) is 0.610. The summed E-state index contributed by atoms with van der Waals surface area (Å²) in [5, 5.41) is 3.04. The highest BCUT2D eigenvalue weighted by Gasteiger charge is 2.33. The van der Waals surface area contributed by atoms with E-state index in [2.05, 4.69) is 5.32 Å². The molecule has 1 N–H and O–H groups in total. The first kappa shape index (κ1) is 8.40. The van der Waals surface area contributed by atoms with Crippen LogP contribution in [0.3, 0.4) is 0 Å². The van der Waals surface area contributed by atoms with Gasteiger partial charge in [0.05, 0.1) is 0 Å². The largest absolute Gasteiger partial charge is 0.315 e. The molecule has 3 nitrogen and oxygen atoms in total. The minimum absolute atomic E-state index is 0.0764. The van der Waals surface area contributed by atoms with E-state index < -0.39 is 0 Å². The summed E-state index contributed by atoms with van der Waals surface area (Å²) in [5.74, 6) is 0.0883. The van der Waals surface area contributed by atoms with E-state index >= 15 is 0 Å². The van der Waals surface area contributed by atoms with Crippen molar-refractivity contribution in [2.45, 2.75) is 13.8 Å². The van der Waals surface area contributed by atoms with Crippen LogP contribution in [0.4, 0.5) is 0 Å². The first-order valence-corrected chi connectivity index (χ1v) is 3.84. The van der Waals surface area contributed by atoms with Gasteiger partial charge in [-0.15, -0.1) is 0 Å². The Hall–Kier alpha value is -0.700. The highest BCUT2D eigenvalue weighted by molar-refractivity contribution is 5.88. The van der Waals surface area contributed by atoms with Crippen molar-refractivity contribution in [3.8, 4) is 0 Å². The topological polar surface area (TPSA) is 46.2 Å². The lowest BCUT2D eigenvalue weighted by Gasteiger charge is -2.10. The van der Waals surface area contributed by atoms with Crippen LogP contribution in [-0.2, 0) is 9.59 Å². The number of nitrogens with one attached hydrogen (secondary N) is 1. The van der Waals surface area contributed by atoms with E-state index in [4.69, 9.17) is 0 Å². The van der Waals surface area contributed by atoms with Crippen molar-refractivity contribution in [1.29, 1.82) is 0 Å². The Bertz CT molecular complexity index is 169. The van der Waals surface area contributed by atoms with E-state index in [0.717, 1.165) is 0 Å². The Morgan fingerprint density at radius 1 is 1.09 bits per heavy atom. The maximum absolute atomic E-state index is 11.0. The van der Waals surface area contributed by atoms with Crippen molar-refractivity contribution in [3.63, 3.8) is 0 Å². The average Bonchev–Trinajstić information content (AvgIpc) is 2.32. The smallest absolute Gasteiger partial charge is 0.134 e. The third-order valence-electron chi connectivity index (χ3n) is 2.26. The molecule has 1 saturated heterocycles. The molecule has 1 aliphatic rings. The molecule has 1 rings (SSSR count). The number of carbonyl (C=O) groups excluding carboxylic acids is 2. The number of Topliss-reactive ketones (excluding diaryl/α,β-unsaturated/α-hetero) is 2. The predicted octanol–water partition coefficient (Wildman–Crippen LogP) is 0. The highest BCUT2D eigenvalue weighted by Crippen LogP contribution is 2.18. The minimum atomic E-state index is -0.0764. The lowest BCUT2D eigenvalue weighted by molar-refractivity contribution is -0.128. The zero-order chi connectivity index (χ0) is 8.43. The molecule has 0 bridgehead atoms. The molecule has 1 heterocycles. The molecule has 1 aliphatic heterocycles. The number of rotatable bonds is 2. The monoisotopic (exact) mass is 155 g/mol. The molecule has 0 spiro atoms. The molecule has 0 aromatic heterocycles. The van der Waals surface area contributed by atoms with Crippen LogP contribution in [0.1, 0.15) is 13.8 Å². The Labute approximate surface area is 66.2 Å². The lowest BCUT2D eigenvalue weighted by Crippen LogP contribution is -2.25. The third kappa shape index (κ3) is 1.66. The van der Waals surface area contributed by atoms with Crippen molar-refractivity contribution in [2.75, 3.05) is 13.1 Å². The van der Waals surface area contributed by atoms with E-state index in [9.17, 15) is 9.59 Å². The van der Waals surface area contributed by atoms with Crippen LogP contribution in [0, 0.1) is 11.8 Å². The summed E-state index contributed by atoms with van der Waals surface area (Å²) in [6, 6.07) is 0. The Morgan fingerprint density at radius 2 is 1.45 bits per heavy atom. The van der Waals surface area contributed by atoms with Gasteiger partial charge in [0.25, 0.3) is 0 Å². The summed E-state index contributed by atoms with van der Waals surface area (Å²) >= 11 is 0. The molecule has 2 atom stereocenters. The van der Waals surface area contributed by atoms with Crippen LogP contribution >= 0.6 is 0 Å². The molecular weight excluding hydrogens is 142 g/mol. The molecule has 0 aromatic rings. The fourth-order valence-electron chi connectivity index (χ4n) is 1.53. The zero-order valence-corrected chi connectivity index (χ0v) is 6.89. The normalized spacial score (nSPS) is 30.4. The maximum Gasteiger partial charge on any atom is 0.134 e. The van der Waals surface area contributed by atoms with Gasteiger partial charge < -0.3 is 5.32 Å². The van der Waals surface area contributed by atoms with Crippen LogP contribution in [0.5, 0.6) is 0 Å². The van der Waals surface area contributed by atoms with Gasteiger partial charge in [-0.2, -0.15) is 0 Å². The van der Waals surface area contributed by atoms with E-state index in [-0.39, 0.29) is 23.4 Å². The first-order chi connectivity index (χ1) is 5.13. The molecule has 2 unspecified atom stereocenters. The third-order valence-corrected chi connectivity index (χ3v) is 2.26. The Balaban J connectivity index is 2.65. The average molecular weight is 155 g/mol. The molecule has 0 radical (unpaired) electrons. The van der Waals surface area contributed by atoms with E-state index in [0.29, 0.717) is 13.1 Å². The van der Waals surface area contributed by atoms with Gasteiger partial charge in [0.1, 0.15) is 11.6 Å². The number of ketones is 2. The molecule has 11 heavy (non-hydrogen) atoms. The summed E-state index contributed by atoms with van der Waals surface area (Å²) < 4.78 is 0. The van der Waals surface area contributed by atoms with E-state index in [1.807, 2.05) is 0 Å². The van der Waals surface area contributed by atoms with Gasteiger partial charge in [-0.05, 0) is 13.8 Å². The Morgan fingerprint density at radius 3 is 1.73 bits per heavy atom. The van der Waals surface area contributed by atoms with Crippen LogP contribution < -0.4 is 5.32 Å². The van der Waals surface area contributed by atoms with Crippen LogP contribution in [0.15, 0.2) is 0 Å². The SMILES string of the molecule is CC(=O)C1CNCC1C(C)=O. The molecule has 62 valence electrons. The van der Waals surface area contributed by atoms with Crippen LogP contribution in [0.2, 0.25) is 0 Å². The fraction of sp³-hybridized carbons (Fsp3) is 0.750. The fourth-order valence-corrected chi connectivity index (χ4v) is 1.53. The molecular formula is C8H13NO2. The Kier molecular flexibility index (Phi) is 2.39. The second-order valence-electron chi connectivity index (χ2n) is 3.09. The summed E-state index contributed by atoms with van der Waals surface area (Å²) in [7, 11) is 0. The van der Waals surface area contributed by atoms with Gasteiger partial charge in [-0.1, -0.05) is 0 Å². The van der Waals surface area contributed by atoms with E-state index in [1.54, 1.807) is 13.8 Å². The van der Waals surface area contributed by atoms with Crippen LogP contribution in [0.25, 0.3) is 0 Å². The van der Waals surface area contributed by atoms with Crippen LogP contribution in [-0.4, -0.2) is 24.7 Å². The summed E-state index contributed by atoms with van der Waals surface area (Å²) in [6.45, 7) is 4.43. The summed E-state index contributed by atoms with van der Waals surface area (Å²) in [6.07, 6.45) is 0.